The number of nitrogens with two attached hydrogens (primary N) is 1. The van der Waals surface area contributed by atoms with Crippen molar-refractivity contribution in [1.82, 2.24) is 24.3 Å². The van der Waals surface area contributed by atoms with Crippen LogP contribution in [0.1, 0.15) is 11.6 Å². The summed E-state index contributed by atoms with van der Waals surface area (Å²) < 4.78 is 3.87. The maximum atomic E-state index is 5.42. The molecule has 0 aliphatic rings. The molecule has 0 aliphatic carbocycles. The van der Waals surface area contributed by atoms with Crippen LogP contribution >= 0.6 is 0 Å². The average molecular weight is 206 g/mol. The number of rotatable bonds is 4. The molecule has 0 saturated carbocycles. The molecular weight excluding hydrogens is 192 g/mol. The van der Waals surface area contributed by atoms with Gasteiger partial charge in [0.15, 0.2) is 5.82 Å². The van der Waals surface area contributed by atoms with Crippen LogP contribution in [0.3, 0.4) is 0 Å². The van der Waals surface area contributed by atoms with Crippen molar-refractivity contribution in [1.29, 1.82) is 0 Å². The molecule has 0 unspecified atom stereocenters. The van der Waals surface area contributed by atoms with Crippen LogP contribution in [0.25, 0.3) is 0 Å². The predicted molar refractivity (Wildman–Crippen MR) is 54.9 cm³/mol. The molecule has 0 amide bonds. The summed E-state index contributed by atoms with van der Waals surface area (Å²) >= 11 is 0. The van der Waals surface area contributed by atoms with E-state index >= 15 is 0 Å². The Labute approximate surface area is 87.8 Å². The number of hydrogen-bond donors (Lipinski definition) is 1. The van der Waals surface area contributed by atoms with Gasteiger partial charge >= 0.3 is 0 Å². The van der Waals surface area contributed by atoms with Crippen molar-refractivity contribution in [2.45, 2.75) is 26.6 Å². The largest absolute Gasteiger partial charge is 0.333 e. The molecule has 15 heavy (non-hydrogen) atoms. The minimum absolute atomic E-state index is 0.386. The van der Waals surface area contributed by atoms with E-state index in [1.54, 1.807) is 17.2 Å². The van der Waals surface area contributed by atoms with Gasteiger partial charge in [-0.2, -0.15) is 5.10 Å². The van der Waals surface area contributed by atoms with Crippen LogP contribution in [0.15, 0.2) is 18.7 Å². The zero-order valence-corrected chi connectivity index (χ0v) is 8.67. The van der Waals surface area contributed by atoms with Gasteiger partial charge in [0.25, 0.3) is 0 Å². The maximum Gasteiger partial charge on any atom is 0.164 e. The lowest BCUT2D eigenvalue weighted by Gasteiger charge is -2.03. The first-order chi connectivity index (χ1) is 7.29. The highest BCUT2D eigenvalue weighted by molar-refractivity contribution is 4.88. The van der Waals surface area contributed by atoms with Crippen molar-refractivity contribution in [3.63, 3.8) is 0 Å². The van der Waals surface area contributed by atoms with Gasteiger partial charge in [-0.1, -0.05) is 0 Å². The molecule has 0 aromatic carbocycles. The van der Waals surface area contributed by atoms with Gasteiger partial charge in [-0.3, -0.25) is 4.68 Å². The Balaban J connectivity index is 1.96. The molecule has 0 bridgehead atoms. The van der Waals surface area contributed by atoms with Crippen LogP contribution in [0.4, 0.5) is 0 Å². The van der Waals surface area contributed by atoms with Crippen molar-refractivity contribution in [3.8, 4) is 0 Å². The molecule has 2 N–H and O–H groups in total. The SMILES string of the molecule is Cc1nccn1CCn1cnc(CN)n1. The van der Waals surface area contributed by atoms with Crippen molar-refractivity contribution in [3.05, 3.63) is 30.4 Å². The van der Waals surface area contributed by atoms with Crippen LogP contribution in [-0.2, 0) is 19.6 Å². The van der Waals surface area contributed by atoms with Crippen LogP contribution < -0.4 is 5.73 Å². The molecule has 0 spiro atoms. The molecule has 2 rings (SSSR count). The van der Waals surface area contributed by atoms with Crippen molar-refractivity contribution in [2.24, 2.45) is 5.73 Å². The Bertz CT molecular complexity index is 429. The molecular formula is C9H14N6. The van der Waals surface area contributed by atoms with Gasteiger partial charge in [0.2, 0.25) is 0 Å². The highest BCUT2D eigenvalue weighted by Gasteiger charge is 2.00. The van der Waals surface area contributed by atoms with Gasteiger partial charge in [0, 0.05) is 18.9 Å². The number of imidazole rings is 1. The second-order valence-electron chi connectivity index (χ2n) is 3.30. The van der Waals surface area contributed by atoms with E-state index in [0.29, 0.717) is 12.4 Å². The minimum atomic E-state index is 0.386. The molecule has 0 atom stereocenters. The van der Waals surface area contributed by atoms with E-state index in [9.17, 15) is 0 Å². The van der Waals surface area contributed by atoms with Gasteiger partial charge in [-0.15, -0.1) is 0 Å². The predicted octanol–water partition coefficient (Wildman–Crippen LogP) is -0.0581. The Kier molecular flexibility index (Phi) is 2.77. The highest BCUT2D eigenvalue weighted by atomic mass is 15.3. The molecule has 0 fully saturated rings. The van der Waals surface area contributed by atoms with Gasteiger partial charge in [0.05, 0.1) is 13.1 Å². The summed E-state index contributed by atoms with van der Waals surface area (Å²) in [6.07, 6.45) is 5.45. The zero-order chi connectivity index (χ0) is 10.7. The molecule has 2 aromatic rings. The van der Waals surface area contributed by atoms with Gasteiger partial charge in [-0.25, -0.2) is 9.97 Å². The second kappa shape index (κ2) is 4.22. The Hall–Kier alpha value is -1.69. The molecule has 2 aromatic heterocycles. The van der Waals surface area contributed by atoms with E-state index in [0.717, 1.165) is 18.9 Å². The standard InChI is InChI=1S/C9H14N6/c1-8-11-2-3-14(8)4-5-15-7-12-9(6-10)13-15/h2-3,7H,4-6,10H2,1H3. The Morgan fingerprint density at radius 2 is 2.20 bits per heavy atom. The zero-order valence-electron chi connectivity index (χ0n) is 8.67. The lowest BCUT2D eigenvalue weighted by molar-refractivity contribution is 0.521. The summed E-state index contributed by atoms with van der Waals surface area (Å²) in [5, 5.41) is 4.20. The quantitative estimate of drug-likeness (QED) is 0.760. The third kappa shape index (κ3) is 2.21. The number of aryl methyl sites for hydroxylation is 3. The molecule has 2 heterocycles. The van der Waals surface area contributed by atoms with E-state index in [1.165, 1.54) is 0 Å². The van der Waals surface area contributed by atoms with Crippen LogP contribution in [0.5, 0.6) is 0 Å². The maximum absolute atomic E-state index is 5.42. The molecule has 0 aliphatic heterocycles. The van der Waals surface area contributed by atoms with Crippen molar-refractivity contribution in [2.75, 3.05) is 0 Å². The van der Waals surface area contributed by atoms with E-state index in [4.69, 9.17) is 5.73 Å². The highest BCUT2D eigenvalue weighted by Crippen LogP contribution is 1.96. The molecule has 6 heteroatoms. The van der Waals surface area contributed by atoms with Crippen LogP contribution in [0, 0.1) is 6.92 Å². The normalized spacial score (nSPS) is 10.8. The smallest absolute Gasteiger partial charge is 0.164 e. The summed E-state index contributed by atoms with van der Waals surface area (Å²) in [5.41, 5.74) is 5.42. The minimum Gasteiger partial charge on any atom is -0.333 e. The third-order valence-corrected chi connectivity index (χ3v) is 2.26. The van der Waals surface area contributed by atoms with Crippen molar-refractivity contribution >= 4 is 0 Å². The Morgan fingerprint density at radius 1 is 1.33 bits per heavy atom. The molecule has 80 valence electrons. The monoisotopic (exact) mass is 206 g/mol. The second-order valence-corrected chi connectivity index (χ2v) is 3.30. The molecule has 0 radical (unpaired) electrons. The number of nitrogens with zero attached hydrogens (tertiary/aromatic N) is 5. The number of hydrogen-bond acceptors (Lipinski definition) is 4. The lowest BCUT2D eigenvalue weighted by Crippen LogP contribution is -2.09. The summed E-state index contributed by atoms with van der Waals surface area (Å²) in [6, 6.07) is 0. The van der Waals surface area contributed by atoms with Crippen molar-refractivity contribution < 1.29 is 0 Å². The fourth-order valence-electron chi connectivity index (χ4n) is 1.38. The fraction of sp³-hybridized carbons (Fsp3) is 0.444. The molecule has 6 nitrogen and oxygen atoms in total. The summed E-state index contributed by atoms with van der Waals surface area (Å²) in [6.45, 7) is 3.99. The average Bonchev–Trinajstić information content (AvgIpc) is 2.84. The first-order valence-corrected chi connectivity index (χ1v) is 4.85. The molecule has 0 saturated heterocycles. The van der Waals surface area contributed by atoms with E-state index in [2.05, 4.69) is 19.6 Å². The number of aromatic nitrogens is 5. The van der Waals surface area contributed by atoms with Crippen LogP contribution in [0.2, 0.25) is 0 Å². The van der Waals surface area contributed by atoms with E-state index in [1.807, 2.05) is 13.1 Å². The van der Waals surface area contributed by atoms with Gasteiger partial charge in [0.1, 0.15) is 12.2 Å². The summed E-state index contributed by atoms with van der Waals surface area (Å²) in [7, 11) is 0. The summed E-state index contributed by atoms with van der Waals surface area (Å²) in [4.78, 5) is 8.21. The first kappa shape index (κ1) is 9.85. The van der Waals surface area contributed by atoms with E-state index < -0.39 is 0 Å². The third-order valence-electron chi connectivity index (χ3n) is 2.26. The fourth-order valence-corrected chi connectivity index (χ4v) is 1.38. The summed E-state index contributed by atoms with van der Waals surface area (Å²) in [5.74, 6) is 1.69. The van der Waals surface area contributed by atoms with Gasteiger partial charge < -0.3 is 10.3 Å². The first-order valence-electron chi connectivity index (χ1n) is 4.85. The van der Waals surface area contributed by atoms with Gasteiger partial charge in [-0.05, 0) is 6.92 Å². The topological polar surface area (TPSA) is 74.5 Å². The Morgan fingerprint density at radius 3 is 2.80 bits per heavy atom. The van der Waals surface area contributed by atoms with E-state index in [-0.39, 0.29) is 0 Å². The van der Waals surface area contributed by atoms with Crippen LogP contribution in [-0.4, -0.2) is 24.3 Å². The lowest BCUT2D eigenvalue weighted by atomic mass is 10.5.